The van der Waals surface area contributed by atoms with Gasteiger partial charge in [-0.2, -0.15) is 13.2 Å². The molecule has 25 heavy (non-hydrogen) atoms. The number of hydrogen-bond acceptors (Lipinski definition) is 2. The molecule has 7 heteroatoms. The van der Waals surface area contributed by atoms with Gasteiger partial charge < -0.3 is 9.88 Å². The van der Waals surface area contributed by atoms with Crippen LogP contribution in [0.2, 0.25) is 0 Å². The Hall–Kier alpha value is -2.57. The number of amides is 1. The molecule has 1 atom stereocenters. The van der Waals surface area contributed by atoms with E-state index in [1.165, 1.54) is 24.4 Å². The van der Waals surface area contributed by atoms with Crippen LogP contribution in [0.15, 0.2) is 47.4 Å². The summed E-state index contributed by atoms with van der Waals surface area (Å²) in [4.78, 5) is 28.0. The van der Waals surface area contributed by atoms with Crippen LogP contribution in [0.4, 0.5) is 13.2 Å². The Bertz CT molecular complexity index is 820. The fraction of sp³-hybridized carbons (Fsp3) is 0.333. The lowest BCUT2D eigenvalue weighted by Crippen LogP contribution is -2.36. The summed E-state index contributed by atoms with van der Waals surface area (Å²) >= 11 is 0. The SMILES string of the molecule is C[C@@H](c1cccc(C(F)(F)F)c1)N(C(=O)c1ccc(=O)[nH]c1)C1CC1. The summed E-state index contributed by atoms with van der Waals surface area (Å²) in [5.41, 5.74) is -0.311. The Morgan fingerprint density at radius 2 is 1.96 bits per heavy atom. The second-order valence-electron chi connectivity index (χ2n) is 6.18. The van der Waals surface area contributed by atoms with Gasteiger partial charge in [-0.25, -0.2) is 0 Å². The Labute approximate surface area is 142 Å². The molecule has 0 spiro atoms. The van der Waals surface area contributed by atoms with Gasteiger partial charge in [0.25, 0.3) is 5.91 Å². The molecular weight excluding hydrogens is 333 g/mol. The maximum absolute atomic E-state index is 13.0. The van der Waals surface area contributed by atoms with E-state index in [0.717, 1.165) is 25.0 Å². The third-order valence-electron chi connectivity index (χ3n) is 4.32. The normalized spacial score (nSPS) is 15.7. The number of benzene rings is 1. The van der Waals surface area contributed by atoms with Gasteiger partial charge in [-0.05, 0) is 43.5 Å². The lowest BCUT2D eigenvalue weighted by molar-refractivity contribution is -0.137. The molecule has 0 radical (unpaired) electrons. The fourth-order valence-electron chi connectivity index (χ4n) is 2.84. The van der Waals surface area contributed by atoms with Gasteiger partial charge in [0, 0.05) is 18.3 Å². The highest BCUT2D eigenvalue weighted by Crippen LogP contribution is 2.37. The van der Waals surface area contributed by atoms with Crippen molar-refractivity contribution < 1.29 is 18.0 Å². The number of hydrogen-bond donors (Lipinski definition) is 1. The van der Waals surface area contributed by atoms with Gasteiger partial charge in [0.1, 0.15) is 0 Å². The molecule has 1 aromatic carbocycles. The van der Waals surface area contributed by atoms with Crippen molar-refractivity contribution in [2.24, 2.45) is 0 Å². The number of rotatable bonds is 4. The van der Waals surface area contributed by atoms with Crippen LogP contribution in [0.5, 0.6) is 0 Å². The summed E-state index contributed by atoms with van der Waals surface area (Å²) in [6.07, 6.45) is -1.46. The van der Waals surface area contributed by atoms with Crippen molar-refractivity contribution in [3.8, 4) is 0 Å². The van der Waals surface area contributed by atoms with Crippen molar-refractivity contribution >= 4 is 5.91 Å². The number of nitrogens with zero attached hydrogens (tertiary/aromatic N) is 1. The number of H-pyrrole nitrogens is 1. The van der Waals surface area contributed by atoms with Crippen LogP contribution >= 0.6 is 0 Å². The van der Waals surface area contributed by atoms with Gasteiger partial charge in [-0.3, -0.25) is 9.59 Å². The largest absolute Gasteiger partial charge is 0.416 e. The van der Waals surface area contributed by atoms with Gasteiger partial charge >= 0.3 is 6.18 Å². The van der Waals surface area contributed by atoms with E-state index in [2.05, 4.69) is 4.98 Å². The van der Waals surface area contributed by atoms with Crippen LogP contribution in [0.25, 0.3) is 0 Å². The molecule has 1 fully saturated rings. The quantitative estimate of drug-likeness (QED) is 0.913. The first-order chi connectivity index (χ1) is 11.8. The molecule has 132 valence electrons. The molecule has 3 rings (SSSR count). The van der Waals surface area contributed by atoms with E-state index in [1.807, 2.05) is 0 Å². The summed E-state index contributed by atoms with van der Waals surface area (Å²) in [6, 6.07) is 7.22. The van der Waals surface area contributed by atoms with Crippen molar-refractivity contribution in [1.29, 1.82) is 0 Å². The molecule has 4 nitrogen and oxygen atoms in total. The average molecular weight is 350 g/mol. The molecular formula is C18H17F3N2O2. The first kappa shape index (κ1) is 17.3. The first-order valence-electron chi connectivity index (χ1n) is 7.96. The minimum absolute atomic E-state index is 0.00368. The summed E-state index contributed by atoms with van der Waals surface area (Å²) in [7, 11) is 0. The predicted octanol–water partition coefficient (Wildman–Crippen LogP) is 3.76. The number of alkyl halides is 3. The van der Waals surface area contributed by atoms with Crippen molar-refractivity contribution in [1.82, 2.24) is 9.88 Å². The molecule has 0 saturated heterocycles. The monoisotopic (exact) mass is 350 g/mol. The summed E-state index contributed by atoms with van der Waals surface area (Å²) in [5, 5.41) is 0. The fourth-order valence-corrected chi connectivity index (χ4v) is 2.84. The number of nitrogens with one attached hydrogen (secondary N) is 1. The minimum Gasteiger partial charge on any atom is -0.329 e. The summed E-state index contributed by atoms with van der Waals surface area (Å²) in [6.45, 7) is 1.72. The zero-order chi connectivity index (χ0) is 18.2. The van der Waals surface area contributed by atoms with E-state index in [-0.39, 0.29) is 17.5 Å². The molecule has 1 saturated carbocycles. The van der Waals surface area contributed by atoms with E-state index in [1.54, 1.807) is 17.9 Å². The zero-order valence-corrected chi connectivity index (χ0v) is 13.5. The van der Waals surface area contributed by atoms with Crippen molar-refractivity contribution in [3.05, 3.63) is 69.6 Å². The standard InChI is InChI=1S/C18H17F3N2O2/c1-11(12-3-2-4-14(9-12)18(19,20)21)23(15-6-7-15)17(25)13-5-8-16(24)22-10-13/h2-5,8-11,15H,6-7H2,1H3,(H,22,24)/t11-/m0/s1. The van der Waals surface area contributed by atoms with Gasteiger partial charge in [0.05, 0.1) is 17.2 Å². The number of carbonyl (C=O) groups excluding carboxylic acids is 1. The third-order valence-corrected chi connectivity index (χ3v) is 4.32. The van der Waals surface area contributed by atoms with Crippen molar-refractivity contribution in [2.45, 2.75) is 38.0 Å². The van der Waals surface area contributed by atoms with Crippen molar-refractivity contribution in [3.63, 3.8) is 0 Å². The maximum Gasteiger partial charge on any atom is 0.416 e. The predicted molar refractivity (Wildman–Crippen MR) is 86.1 cm³/mol. The molecule has 0 unspecified atom stereocenters. The lowest BCUT2D eigenvalue weighted by Gasteiger charge is -2.30. The van der Waals surface area contributed by atoms with Gasteiger partial charge in [-0.1, -0.05) is 12.1 Å². The summed E-state index contributed by atoms with van der Waals surface area (Å²) in [5.74, 6) is -0.302. The lowest BCUT2D eigenvalue weighted by atomic mass is 10.0. The van der Waals surface area contributed by atoms with Gasteiger partial charge in [-0.15, -0.1) is 0 Å². The molecule has 1 aliphatic carbocycles. The number of aromatic nitrogens is 1. The molecule has 2 aromatic rings. The van der Waals surface area contributed by atoms with Crippen LogP contribution in [-0.2, 0) is 6.18 Å². The molecule has 0 bridgehead atoms. The molecule has 0 aliphatic heterocycles. The Morgan fingerprint density at radius 1 is 1.24 bits per heavy atom. The van der Waals surface area contributed by atoms with Crippen molar-refractivity contribution in [2.75, 3.05) is 0 Å². The number of pyridine rings is 1. The Morgan fingerprint density at radius 3 is 2.52 bits per heavy atom. The second kappa shape index (κ2) is 6.38. The highest BCUT2D eigenvalue weighted by atomic mass is 19.4. The zero-order valence-electron chi connectivity index (χ0n) is 13.5. The van der Waals surface area contributed by atoms with E-state index in [4.69, 9.17) is 0 Å². The molecule has 1 heterocycles. The molecule has 1 aliphatic rings. The second-order valence-corrected chi connectivity index (χ2v) is 6.18. The first-order valence-corrected chi connectivity index (χ1v) is 7.96. The van der Waals surface area contributed by atoms with E-state index in [9.17, 15) is 22.8 Å². The molecule has 1 aromatic heterocycles. The highest BCUT2D eigenvalue weighted by Gasteiger charge is 2.37. The number of carbonyl (C=O) groups is 1. The van der Waals surface area contributed by atoms with Crippen LogP contribution in [0.3, 0.4) is 0 Å². The third kappa shape index (κ3) is 3.75. The summed E-state index contributed by atoms with van der Waals surface area (Å²) < 4.78 is 38.9. The van der Waals surface area contributed by atoms with Gasteiger partial charge in [0.15, 0.2) is 0 Å². The topological polar surface area (TPSA) is 53.2 Å². The van der Waals surface area contributed by atoms with Crippen LogP contribution < -0.4 is 5.56 Å². The molecule has 1 N–H and O–H groups in total. The maximum atomic E-state index is 13.0. The van der Waals surface area contributed by atoms with Gasteiger partial charge in [0.2, 0.25) is 5.56 Å². The van der Waals surface area contributed by atoms with E-state index >= 15 is 0 Å². The van der Waals surface area contributed by atoms with E-state index < -0.39 is 17.8 Å². The highest BCUT2D eigenvalue weighted by molar-refractivity contribution is 5.94. The minimum atomic E-state index is -4.43. The average Bonchev–Trinajstić information content (AvgIpc) is 3.39. The van der Waals surface area contributed by atoms with E-state index in [0.29, 0.717) is 11.1 Å². The molecule has 1 amide bonds. The van der Waals surface area contributed by atoms with Crippen LogP contribution in [0, 0.1) is 0 Å². The Balaban J connectivity index is 1.92. The van der Waals surface area contributed by atoms with Crippen LogP contribution in [-0.4, -0.2) is 21.8 Å². The van der Waals surface area contributed by atoms with Crippen LogP contribution in [0.1, 0.15) is 47.3 Å². The number of aromatic amines is 1. The smallest absolute Gasteiger partial charge is 0.329 e. The number of halogens is 3. The Kier molecular flexibility index (Phi) is 4.41.